The maximum atomic E-state index is 10.7. The van der Waals surface area contributed by atoms with Crippen LogP contribution in [0.2, 0.25) is 0 Å². The van der Waals surface area contributed by atoms with Gasteiger partial charge in [-0.2, -0.15) is 0 Å². The molecule has 16 heavy (non-hydrogen) atoms. The molecule has 1 aromatic carbocycles. The lowest BCUT2D eigenvalue weighted by Crippen LogP contribution is -2.05. The second-order valence-corrected chi connectivity index (χ2v) is 3.93. The number of ether oxygens (including phenoxy) is 2. The van der Waals surface area contributed by atoms with E-state index in [1.807, 2.05) is 0 Å². The van der Waals surface area contributed by atoms with Crippen molar-refractivity contribution >= 4 is 5.69 Å². The smallest absolute Gasteiger partial charge is 0.272 e. The molecule has 5 nitrogen and oxygen atoms in total. The average molecular weight is 223 g/mol. The Hall–Kier alpha value is -1.62. The summed E-state index contributed by atoms with van der Waals surface area (Å²) in [4.78, 5) is 10.3. The quantitative estimate of drug-likeness (QED) is 0.445. The normalized spacial score (nSPS) is 18.2. The van der Waals surface area contributed by atoms with Crippen molar-refractivity contribution in [3.63, 3.8) is 0 Å². The minimum Gasteiger partial charge on any atom is -0.490 e. The number of nitro groups is 1. The third kappa shape index (κ3) is 2.30. The summed E-state index contributed by atoms with van der Waals surface area (Å²) < 4.78 is 10.6. The molecule has 1 aliphatic rings. The van der Waals surface area contributed by atoms with E-state index in [1.165, 1.54) is 0 Å². The van der Waals surface area contributed by atoms with Crippen molar-refractivity contribution < 1.29 is 14.4 Å². The molecule has 1 saturated heterocycles. The van der Waals surface area contributed by atoms with Crippen LogP contribution in [0, 0.1) is 24.0 Å². The maximum Gasteiger partial charge on any atom is 0.272 e. The number of benzene rings is 1. The predicted octanol–water partition coefficient (Wildman–Crippen LogP) is 1.99. The Bertz CT molecular complexity index is 426. The van der Waals surface area contributed by atoms with Gasteiger partial charge >= 0.3 is 0 Å². The molecular weight excluding hydrogens is 210 g/mol. The summed E-state index contributed by atoms with van der Waals surface area (Å²) in [7, 11) is 0. The predicted molar refractivity (Wildman–Crippen MR) is 57.8 cm³/mol. The van der Waals surface area contributed by atoms with Gasteiger partial charge in [-0.1, -0.05) is 0 Å². The molecule has 0 aliphatic carbocycles. The molecule has 86 valence electrons. The van der Waals surface area contributed by atoms with Crippen molar-refractivity contribution in [2.75, 3.05) is 13.2 Å². The van der Waals surface area contributed by atoms with Crippen LogP contribution in [-0.2, 0) is 4.74 Å². The van der Waals surface area contributed by atoms with Crippen molar-refractivity contribution in [3.8, 4) is 5.75 Å². The molecule has 1 unspecified atom stereocenters. The van der Waals surface area contributed by atoms with Crippen LogP contribution in [0.25, 0.3) is 0 Å². The number of hydrogen-bond acceptors (Lipinski definition) is 4. The molecule has 0 N–H and O–H groups in total. The van der Waals surface area contributed by atoms with Gasteiger partial charge in [0.15, 0.2) is 0 Å². The second-order valence-electron chi connectivity index (χ2n) is 3.93. The molecule has 1 aromatic rings. The number of hydrogen-bond donors (Lipinski definition) is 0. The van der Waals surface area contributed by atoms with Crippen LogP contribution in [0.3, 0.4) is 0 Å². The number of nitrogens with zero attached hydrogens (tertiary/aromatic N) is 1. The first-order valence-corrected chi connectivity index (χ1v) is 5.08. The topological polar surface area (TPSA) is 64.9 Å². The number of nitro benzene ring substituents is 1. The molecule has 5 heteroatoms. The van der Waals surface area contributed by atoms with Gasteiger partial charge in [0.1, 0.15) is 18.5 Å². The van der Waals surface area contributed by atoms with Crippen LogP contribution in [0.4, 0.5) is 5.69 Å². The van der Waals surface area contributed by atoms with Gasteiger partial charge in [0, 0.05) is 11.6 Å². The van der Waals surface area contributed by atoms with Crippen molar-refractivity contribution in [1.29, 1.82) is 0 Å². The van der Waals surface area contributed by atoms with Gasteiger partial charge in [-0.05, 0) is 25.5 Å². The molecular formula is C11H13NO4. The summed E-state index contributed by atoms with van der Waals surface area (Å²) in [6, 6.07) is 3.24. The first-order valence-electron chi connectivity index (χ1n) is 5.08. The van der Waals surface area contributed by atoms with Gasteiger partial charge in [0.25, 0.3) is 5.69 Å². The Balaban J connectivity index is 2.18. The van der Waals surface area contributed by atoms with E-state index in [9.17, 15) is 10.1 Å². The van der Waals surface area contributed by atoms with Gasteiger partial charge in [0.05, 0.1) is 11.5 Å². The summed E-state index contributed by atoms with van der Waals surface area (Å²) in [5, 5.41) is 10.7. The lowest BCUT2D eigenvalue weighted by atomic mass is 10.1. The highest BCUT2D eigenvalue weighted by Crippen LogP contribution is 2.28. The summed E-state index contributed by atoms with van der Waals surface area (Å²) in [6.07, 6.45) is 0.190. The fourth-order valence-corrected chi connectivity index (χ4v) is 1.47. The minimum atomic E-state index is -0.379. The summed E-state index contributed by atoms with van der Waals surface area (Å²) in [5.41, 5.74) is 1.52. The molecule has 1 aliphatic heterocycles. The van der Waals surface area contributed by atoms with E-state index in [2.05, 4.69) is 0 Å². The van der Waals surface area contributed by atoms with Gasteiger partial charge in [-0.15, -0.1) is 0 Å². The Morgan fingerprint density at radius 1 is 1.50 bits per heavy atom. The highest BCUT2D eigenvalue weighted by atomic mass is 16.6. The van der Waals surface area contributed by atoms with Crippen molar-refractivity contribution in [2.45, 2.75) is 20.0 Å². The van der Waals surface area contributed by atoms with E-state index in [1.54, 1.807) is 26.0 Å². The van der Waals surface area contributed by atoms with E-state index in [0.717, 1.165) is 12.2 Å². The largest absolute Gasteiger partial charge is 0.490 e. The summed E-state index contributed by atoms with van der Waals surface area (Å²) >= 11 is 0. The van der Waals surface area contributed by atoms with E-state index in [4.69, 9.17) is 9.47 Å². The zero-order valence-electron chi connectivity index (χ0n) is 9.23. The highest BCUT2D eigenvalue weighted by molar-refractivity contribution is 5.49. The van der Waals surface area contributed by atoms with E-state index < -0.39 is 0 Å². The van der Waals surface area contributed by atoms with Crippen molar-refractivity contribution in [3.05, 3.63) is 33.4 Å². The maximum absolute atomic E-state index is 10.7. The standard InChI is InChI=1S/C11H13NO4/c1-7-4-11(16-6-9-5-15-9)8(2)3-10(7)12(13)14/h3-4,9H,5-6H2,1-2H3. The molecule has 0 saturated carbocycles. The van der Waals surface area contributed by atoms with Crippen molar-refractivity contribution in [1.82, 2.24) is 0 Å². The lowest BCUT2D eigenvalue weighted by molar-refractivity contribution is -0.385. The zero-order valence-corrected chi connectivity index (χ0v) is 9.23. The van der Waals surface area contributed by atoms with Crippen LogP contribution in [0.5, 0.6) is 5.75 Å². The average Bonchev–Trinajstić information content (AvgIpc) is 3.02. The zero-order chi connectivity index (χ0) is 11.7. The second kappa shape index (κ2) is 4.09. The van der Waals surface area contributed by atoms with Crippen LogP contribution in [0.1, 0.15) is 11.1 Å². The molecule has 1 fully saturated rings. The van der Waals surface area contributed by atoms with Crippen molar-refractivity contribution in [2.24, 2.45) is 0 Å². The minimum absolute atomic E-state index is 0.132. The Labute approximate surface area is 93.1 Å². The van der Waals surface area contributed by atoms with Crippen LogP contribution in [-0.4, -0.2) is 24.2 Å². The third-order valence-electron chi connectivity index (χ3n) is 2.52. The van der Waals surface area contributed by atoms with Gasteiger partial charge in [0.2, 0.25) is 0 Å². The molecule has 0 bridgehead atoms. The van der Waals surface area contributed by atoms with Gasteiger partial charge in [-0.3, -0.25) is 10.1 Å². The monoisotopic (exact) mass is 223 g/mol. The van der Waals surface area contributed by atoms with Gasteiger partial charge < -0.3 is 9.47 Å². The molecule has 2 rings (SSSR count). The number of aryl methyl sites for hydroxylation is 2. The fraction of sp³-hybridized carbons (Fsp3) is 0.455. The molecule has 0 radical (unpaired) electrons. The van der Waals surface area contributed by atoms with E-state index in [0.29, 0.717) is 17.9 Å². The third-order valence-corrected chi connectivity index (χ3v) is 2.52. The molecule has 0 aromatic heterocycles. The number of rotatable bonds is 4. The van der Waals surface area contributed by atoms with Gasteiger partial charge in [-0.25, -0.2) is 0 Å². The van der Waals surface area contributed by atoms with Crippen LogP contribution >= 0.6 is 0 Å². The molecule has 1 heterocycles. The van der Waals surface area contributed by atoms with Crippen LogP contribution < -0.4 is 4.74 Å². The SMILES string of the molecule is Cc1cc([N+](=O)[O-])c(C)cc1OCC1CO1. The van der Waals surface area contributed by atoms with Crippen LogP contribution in [0.15, 0.2) is 12.1 Å². The summed E-state index contributed by atoms with van der Waals surface area (Å²) in [5.74, 6) is 0.693. The summed E-state index contributed by atoms with van der Waals surface area (Å²) in [6.45, 7) is 4.76. The Kier molecular flexibility index (Phi) is 2.78. The molecule has 1 atom stereocenters. The lowest BCUT2D eigenvalue weighted by Gasteiger charge is -2.08. The van der Waals surface area contributed by atoms with E-state index in [-0.39, 0.29) is 16.7 Å². The fourth-order valence-electron chi connectivity index (χ4n) is 1.47. The van der Waals surface area contributed by atoms with E-state index >= 15 is 0 Å². The first-order chi connectivity index (χ1) is 7.58. The highest BCUT2D eigenvalue weighted by Gasteiger charge is 2.24. The first kappa shape index (κ1) is 10.9. The molecule has 0 spiro atoms. The number of epoxide rings is 1. The Morgan fingerprint density at radius 2 is 2.19 bits per heavy atom. The molecule has 0 amide bonds. The Morgan fingerprint density at radius 3 is 2.75 bits per heavy atom.